The van der Waals surface area contributed by atoms with E-state index in [9.17, 15) is 45.4 Å². The van der Waals surface area contributed by atoms with Crippen LogP contribution in [0.1, 0.15) is 48.9 Å². The molecule has 0 spiro atoms. The normalized spacial score (nSPS) is 18.3. The zero-order chi connectivity index (χ0) is 37.6. The second-order valence-corrected chi connectivity index (χ2v) is 12.5. The molecule has 51 heavy (non-hydrogen) atoms. The standard InChI is InChI=1S/C34H33ClF8N4O4/c1-19(48)13-28(33(39,40)41)46-29(49)21-7-10-25(11-8-21)45-31(50)47-32(17-20-5-3-2-4-6-20,27-12-9-23(35)18-44-27)22-14-24(36)16-26(15-22)51-34(42,43)30(37)38/h2-6,9,12,14-16,18,21,25,28,30,48H,1,7-8,10-11,13,17H2,(H,46,49)(H2,45,47,50)/t21?,25?,28?,32-/m0/s1. The highest BCUT2D eigenvalue weighted by atomic mass is 35.5. The Morgan fingerprint density at radius 1 is 1.00 bits per heavy atom. The number of rotatable bonds is 13. The summed E-state index contributed by atoms with van der Waals surface area (Å²) in [5.41, 5.74) is -1.47. The third-order valence-corrected chi connectivity index (χ3v) is 8.48. The Hall–Kier alpha value is -4.60. The number of ether oxygens (including phenoxy) is 1. The molecule has 3 amide bonds. The van der Waals surface area contributed by atoms with Gasteiger partial charge in [0, 0.05) is 37.1 Å². The molecule has 1 fully saturated rings. The van der Waals surface area contributed by atoms with Crippen LogP contribution in [0.3, 0.4) is 0 Å². The summed E-state index contributed by atoms with van der Waals surface area (Å²) < 4.78 is 113. The van der Waals surface area contributed by atoms with Crippen molar-refractivity contribution < 1.29 is 54.6 Å². The second kappa shape index (κ2) is 16.2. The van der Waals surface area contributed by atoms with Crippen molar-refractivity contribution in [3.05, 3.63) is 107 Å². The molecule has 1 aromatic heterocycles. The van der Waals surface area contributed by atoms with Crippen molar-refractivity contribution in [1.82, 2.24) is 20.9 Å². The van der Waals surface area contributed by atoms with Gasteiger partial charge in [0.1, 0.15) is 23.1 Å². The fourth-order valence-corrected chi connectivity index (χ4v) is 5.92. The largest absolute Gasteiger partial charge is 0.513 e. The number of alkyl halides is 7. The summed E-state index contributed by atoms with van der Waals surface area (Å²) in [7, 11) is 0. The molecule has 1 aliphatic carbocycles. The molecule has 4 rings (SSSR count). The van der Waals surface area contributed by atoms with Gasteiger partial charge in [-0.05, 0) is 61.1 Å². The van der Waals surface area contributed by atoms with E-state index in [0.29, 0.717) is 11.6 Å². The minimum absolute atomic E-state index is 0.0493. The van der Waals surface area contributed by atoms with Gasteiger partial charge in [0.05, 0.1) is 16.5 Å². The Kier molecular flexibility index (Phi) is 12.4. The lowest BCUT2D eigenvalue weighted by molar-refractivity contribution is -0.253. The van der Waals surface area contributed by atoms with E-state index >= 15 is 4.39 Å². The molecule has 3 aromatic rings. The Balaban J connectivity index is 1.62. The maximum Gasteiger partial charge on any atom is 0.461 e. The van der Waals surface area contributed by atoms with Crippen molar-refractivity contribution >= 4 is 23.5 Å². The number of nitrogens with zero attached hydrogens (tertiary/aromatic N) is 1. The van der Waals surface area contributed by atoms with Crippen LogP contribution >= 0.6 is 11.6 Å². The minimum Gasteiger partial charge on any atom is -0.513 e. The van der Waals surface area contributed by atoms with Gasteiger partial charge < -0.3 is 25.8 Å². The summed E-state index contributed by atoms with van der Waals surface area (Å²) in [6, 6.07) is 9.66. The van der Waals surface area contributed by atoms with Crippen LogP contribution in [0.15, 0.2) is 79.2 Å². The Bertz CT molecular complexity index is 1670. The molecule has 1 unspecified atom stereocenters. The predicted octanol–water partition coefficient (Wildman–Crippen LogP) is 7.96. The van der Waals surface area contributed by atoms with E-state index in [2.05, 4.69) is 26.9 Å². The Morgan fingerprint density at radius 2 is 1.67 bits per heavy atom. The number of amides is 3. The van der Waals surface area contributed by atoms with Crippen LogP contribution in [-0.4, -0.2) is 52.8 Å². The third kappa shape index (κ3) is 10.5. The predicted molar refractivity (Wildman–Crippen MR) is 170 cm³/mol. The first kappa shape index (κ1) is 39.2. The van der Waals surface area contributed by atoms with E-state index in [4.69, 9.17) is 11.6 Å². The van der Waals surface area contributed by atoms with Crippen molar-refractivity contribution in [3.8, 4) is 5.75 Å². The summed E-state index contributed by atoms with van der Waals surface area (Å²) in [6.45, 7) is 3.05. The molecule has 17 heteroatoms. The number of carbonyl (C=O) groups is 2. The van der Waals surface area contributed by atoms with Crippen molar-refractivity contribution in [2.45, 2.75) is 74.9 Å². The third-order valence-electron chi connectivity index (χ3n) is 8.26. The maximum absolute atomic E-state index is 15.1. The zero-order valence-corrected chi connectivity index (χ0v) is 27.4. The van der Waals surface area contributed by atoms with E-state index in [1.165, 1.54) is 18.3 Å². The highest BCUT2D eigenvalue weighted by Gasteiger charge is 2.46. The molecule has 0 bridgehead atoms. The summed E-state index contributed by atoms with van der Waals surface area (Å²) in [6.07, 6.45) is -13.4. The van der Waals surface area contributed by atoms with Crippen molar-refractivity contribution in [2.75, 3.05) is 0 Å². The summed E-state index contributed by atoms with van der Waals surface area (Å²) >= 11 is 6.07. The number of halogens is 9. The van der Waals surface area contributed by atoms with Crippen molar-refractivity contribution in [2.24, 2.45) is 5.92 Å². The average Bonchev–Trinajstić information content (AvgIpc) is 3.04. The number of nitrogens with one attached hydrogen (secondary N) is 3. The molecule has 0 saturated heterocycles. The lowest BCUT2D eigenvalue weighted by Gasteiger charge is -2.37. The van der Waals surface area contributed by atoms with Gasteiger partial charge in [-0.3, -0.25) is 9.78 Å². The molecule has 8 nitrogen and oxygen atoms in total. The summed E-state index contributed by atoms with van der Waals surface area (Å²) in [4.78, 5) is 30.7. The highest BCUT2D eigenvalue weighted by molar-refractivity contribution is 6.30. The highest BCUT2D eigenvalue weighted by Crippen LogP contribution is 2.37. The number of urea groups is 1. The number of hydrogen-bond donors (Lipinski definition) is 4. The molecule has 0 radical (unpaired) electrons. The fourth-order valence-electron chi connectivity index (χ4n) is 5.81. The first-order valence-electron chi connectivity index (χ1n) is 15.5. The van der Waals surface area contributed by atoms with Gasteiger partial charge in [-0.1, -0.05) is 48.5 Å². The van der Waals surface area contributed by atoms with Crippen LogP contribution < -0.4 is 20.7 Å². The lowest BCUT2D eigenvalue weighted by Crippen LogP contribution is -2.55. The summed E-state index contributed by atoms with van der Waals surface area (Å²) in [5.74, 6) is -4.57. The van der Waals surface area contributed by atoms with E-state index in [0.717, 1.165) is 12.1 Å². The molecule has 276 valence electrons. The smallest absolute Gasteiger partial charge is 0.461 e. The molecular weight excluding hydrogens is 716 g/mol. The molecule has 2 atom stereocenters. The average molecular weight is 749 g/mol. The first-order chi connectivity index (χ1) is 23.9. The second-order valence-electron chi connectivity index (χ2n) is 12.1. The van der Waals surface area contributed by atoms with Crippen LogP contribution in [0.25, 0.3) is 0 Å². The lowest BCUT2D eigenvalue weighted by atomic mass is 9.80. The number of benzene rings is 2. The molecule has 1 aliphatic rings. The van der Waals surface area contributed by atoms with E-state index in [1.807, 2.05) is 5.32 Å². The van der Waals surface area contributed by atoms with Crippen LogP contribution in [0, 0.1) is 11.7 Å². The molecule has 2 aromatic carbocycles. The SMILES string of the molecule is C=C(O)CC(NC(=O)C1CCC(NC(=O)N[C@@](Cc2ccccc2)(c2cc(F)cc(OC(F)(F)C(F)F)c2)c2ccc(Cl)cn2)CC1)C(F)(F)F. The van der Waals surface area contributed by atoms with Crippen LogP contribution in [0.4, 0.5) is 39.9 Å². The van der Waals surface area contributed by atoms with Gasteiger partial charge in [0.15, 0.2) is 0 Å². The van der Waals surface area contributed by atoms with Gasteiger partial charge >= 0.3 is 24.7 Å². The van der Waals surface area contributed by atoms with Crippen molar-refractivity contribution in [1.29, 1.82) is 0 Å². The molecule has 0 aliphatic heterocycles. The molecule has 4 N–H and O–H groups in total. The van der Waals surface area contributed by atoms with Gasteiger partial charge in [-0.25, -0.2) is 9.18 Å². The number of pyridine rings is 1. The van der Waals surface area contributed by atoms with Crippen LogP contribution in [0.2, 0.25) is 5.02 Å². The quantitative estimate of drug-likeness (QED) is 0.105. The van der Waals surface area contributed by atoms with E-state index in [1.54, 1.807) is 30.3 Å². The minimum atomic E-state index is -4.98. The number of hydrogen-bond acceptors (Lipinski definition) is 5. The van der Waals surface area contributed by atoms with Gasteiger partial charge in [-0.15, -0.1) is 0 Å². The fraction of sp³-hybridized carbons (Fsp3) is 0.382. The zero-order valence-electron chi connectivity index (χ0n) is 26.6. The Labute approximate surface area is 292 Å². The van der Waals surface area contributed by atoms with Gasteiger partial charge in [0.25, 0.3) is 0 Å². The Morgan fingerprint density at radius 3 is 2.24 bits per heavy atom. The summed E-state index contributed by atoms with van der Waals surface area (Å²) in [5, 5.41) is 16.8. The van der Waals surface area contributed by atoms with Crippen LogP contribution in [-0.2, 0) is 16.8 Å². The van der Waals surface area contributed by atoms with Gasteiger partial charge in [-0.2, -0.15) is 30.7 Å². The number of aliphatic hydroxyl groups is 1. The first-order valence-corrected chi connectivity index (χ1v) is 15.9. The topological polar surface area (TPSA) is 113 Å². The molecular formula is C34H33ClF8N4O4. The van der Waals surface area contributed by atoms with Crippen molar-refractivity contribution in [3.63, 3.8) is 0 Å². The van der Waals surface area contributed by atoms with Gasteiger partial charge in [0.2, 0.25) is 5.91 Å². The van der Waals surface area contributed by atoms with Crippen LogP contribution in [0.5, 0.6) is 5.75 Å². The van der Waals surface area contributed by atoms with E-state index in [-0.39, 0.29) is 48.4 Å². The monoisotopic (exact) mass is 748 g/mol. The van der Waals surface area contributed by atoms with E-state index < -0.39 is 77.9 Å². The maximum atomic E-state index is 15.1. The molecule has 1 saturated carbocycles. The number of aromatic nitrogens is 1. The number of aliphatic hydroxyl groups excluding tert-OH is 1. The number of carbonyl (C=O) groups excluding carboxylic acids is 2. The molecule has 1 heterocycles.